The van der Waals surface area contributed by atoms with Crippen molar-refractivity contribution in [3.05, 3.63) is 87.6 Å². The van der Waals surface area contributed by atoms with Gasteiger partial charge in [0.1, 0.15) is 5.75 Å². The third-order valence-electron chi connectivity index (χ3n) is 4.46. The van der Waals surface area contributed by atoms with Crippen LogP contribution in [0.25, 0.3) is 21.1 Å². The minimum absolute atomic E-state index is 0.152. The van der Waals surface area contributed by atoms with Crippen molar-refractivity contribution in [2.24, 2.45) is 0 Å². The van der Waals surface area contributed by atoms with E-state index in [4.69, 9.17) is 9.15 Å². The first-order valence-corrected chi connectivity index (χ1v) is 9.69. The van der Waals surface area contributed by atoms with E-state index in [1.54, 1.807) is 18.2 Å². The van der Waals surface area contributed by atoms with Crippen LogP contribution >= 0.6 is 11.3 Å². The lowest BCUT2D eigenvalue weighted by molar-refractivity contribution is -0.133. The molecular formula is C23H18O4S. The molecule has 0 saturated carbocycles. The molecule has 0 aliphatic carbocycles. The molecular weight excluding hydrogens is 372 g/mol. The average Bonchev–Trinajstić information content (AvgIpc) is 3.01. The van der Waals surface area contributed by atoms with Gasteiger partial charge in [0.25, 0.3) is 0 Å². The molecule has 3 aromatic carbocycles. The maximum atomic E-state index is 12.5. The van der Waals surface area contributed by atoms with E-state index in [1.165, 1.54) is 5.56 Å². The summed E-state index contributed by atoms with van der Waals surface area (Å²) in [6, 6.07) is 17.0. The Labute approximate surface area is 165 Å². The first kappa shape index (κ1) is 18.2. The molecule has 0 fully saturated rings. The third kappa shape index (κ3) is 3.75. The summed E-state index contributed by atoms with van der Waals surface area (Å²) in [7, 11) is 0. The van der Waals surface area contributed by atoms with Gasteiger partial charge in [0.05, 0.1) is 11.1 Å². The Kier molecular flexibility index (Phi) is 4.84. The Morgan fingerprint density at radius 2 is 1.71 bits per heavy atom. The van der Waals surface area contributed by atoms with E-state index in [9.17, 15) is 9.59 Å². The second-order valence-corrected chi connectivity index (χ2v) is 7.75. The fraction of sp³-hybridized carbons (Fsp3) is 0.130. The van der Waals surface area contributed by atoms with Gasteiger partial charge >= 0.3 is 10.9 Å². The molecule has 4 aromatic rings. The lowest BCUT2D eigenvalue weighted by Crippen LogP contribution is -2.11. The number of hydrogen-bond donors (Lipinski definition) is 0. The summed E-state index contributed by atoms with van der Waals surface area (Å²) in [4.78, 5) is 23.4. The van der Waals surface area contributed by atoms with Crippen LogP contribution < -0.4 is 9.68 Å². The van der Waals surface area contributed by atoms with Crippen LogP contribution in [0.5, 0.6) is 5.75 Å². The van der Waals surface area contributed by atoms with Crippen molar-refractivity contribution in [2.75, 3.05) is 0 Å². The largest absolute Gasteiger partial charge is 0.426 e. The number of carbonyl (C=O) groups excluding carboxylic acids is 1. The Morgan fingerprint density at radius 3 is 2.39 bits per heavy atom. The molecule has 0 bridgehead atoms. The monoisotopic (exact) mass is 390 g/mol. The van der Waals surface area contributed by atoms with Gasteiger partial charge < -0.3 is 9.15 Å². The maximum Gasteiger partial charge on any atom is 0.396 e. The summed E-state index contributed by atoms with van der Waals surface area (Å²) >= 11 is 1.02. The van der Waals surface area contributed by atoms with E-state index < -0.39 is 0 Å². The Balaban J connectivity index is 1.59. The zero-order chi connectivity index (χ0) is 19.7. The van der Waals surface area contributed by atoms with Crippen molar-refractivity contribution in [1.82, 2.24) is 0 Å². The zero-order valence-corrected chi connectivity index (χ0v) is 16.2. The molecule has 0 N–H and O–H groups in total. The highest BCUT2D eigenvalue weighted by Gasteiger charge is 2.12. The van der Waals surface area contributed by atoms with Gasteiger partial charge in [-0.2, -0.15) is 0 Å². The van der Waals surface area contributed by atoms with Crippen LogP contribution in [0.3, 0.4) is 0 Å². The molecule has 0 amide bonds. The van der Waals surface area contributed by atoms with E-state index in [-0.39, 0.29) is 17.3 Å². The molecule has 4 rings (SSSR count). The number of rotatable bonds is 5. The van der Waals surface area contributed by atoms with Gasteiger partial charge in [-0.05, 0) is 47.4 Å². The Hall–Kier alpha value is -3.18. The first-order chi connectivity index (χ1) is 13.5. The molecule has 5 heteroatoms. The SMILES string of the molecule is C=C(C)Cc1cccc2c(CC(=O)Oc3ccc4sc(=O)oc4c3)cccc12. The van der Waals surface area contributed by atoms with Crippen molar-refractivity contribution in [3.8, 4) is 5.75 Å². The predicted octanol–water partition coefficient (Wildman–Crippen LogP) is 5.27. The van der Waals surface area contributed by atoms with E-state index in [2.05, 4.69) is 18.7 Å². The van der Waals surface area contributed by atoms with Gasteiger partial charge in [0, 0.05) is 6.07 Å². The van der Waals surface area contributed by atoms with E-state index >= 15 is 0 Å². The van der Waals surface area contributed by atoms with Crippen LogP contribution in [0.15, 0.2) is 76.0 Å². The third-order valence-corrected chi connectivity index (χ3v) is 5.27. The van der Waals surface area contributed by atoms with Gasteiger partial charge in [-0.3, -0.25) is 4.79 Å². The summed E-state index contributed by atoms with van der Waals surface area (Å²) in [6.07, 6.45) is 0.955. The van der Waals surface area contributed by atoms with Crippen LogP contribution in [0.1, 0.15) is 18.1 Å². The highest BCUT2D eigenvalue weighted by atomic mass is 32.1. The molecule has 0 aliphatic heterocycles. The fourth-order valence-corrected chi connectivity index (χ4v) is 3.96. The summed E-state index contributed by atoms with van der Waals surface area (Å²) in [6.45, 7) is 6.00. The number of fused-ring (bicyclic) bond motifs is 2. The Bertz CT molecular complexity index is 1260. The number of benzene rings is 3. The molecule has 0 radical (unpaired) electrons. The topological polar surface area (TPSA) is 56.5 Å². The van der Waals surface area contributed by atoms with Crippen LogP contribution in [0, 0.1) is 0 Å². The molecule has 4 nitrogen and oxygen atoms in total. The van der Waals surface area contributed by atoms with Crippen molar-refractivity contribution >= 4 is 38.4 Å². The fourth-order valence-electron chi connectivity index (χ4n) is 3.31. The molecule has 28 heavy (non-hydrogen) atoms. The maximum absolute atomic E-state index is 12.5. The van der Waals surface area contributed by atoms with Gasteiger partial charge in [-0.1, -0.05) is 59.9 Å². The quantitative estimate of drug-likeness (QED) is 0.264. The number of carbonyl (C=O) groups is 1. The second-order valence-electron chi connectivity index (χ2n) is 6.78. The molecule has 0 spiro atoms. The summed E-state index contributed by atoms with van der Waals surface area (Å²) in [5.74, 6) is -0.00279. The zero-order valence-electron chi connectivity index (χ0n) is 15.4. The van der Waals surface area contributed by atoms with E-state index in [0.29, 0.717) is 11.3 Å². The van der Waals surface area contributed by atoms with Gasteiger partial charge in [0.15, 0.2) is 5.58 Å². The van der Waals surface area contributed by atoms with Crippen LogP contribution in [0.2, 0.25) is 0 Å². The standard InChI is InChI=1S/C23H18O4S/c1-14(2)11-15-5-3-8-19-16(6-4-7-18(15)19)12-22(24)26-17-9-10-21-20(13-17)27-23(25)28-21/h3-10,13H,1,11-12H2,2H3. The highest BCUT2D eigenvalue weighted by Crippen LogP contribution is 2.26. The molecule has 0 atom stereocenters. The Morgan fingerprint density at radius 1 is 1.04 bits per heavy atom. The molecule has 0 unspecified atom stereocenters. The summed E-state index contributed by atoms with van der Waals surface area (Å²) in [5.41, 5.74) is 3.62. The van der Waals surface area contributed by atoms with E-state index in [0.717, 1.165) is 44.4 Å². The highest BCUT2D eigenvalue weighted by molar-refractivity contribution is 7.16. The summed E-state index contributed by atoms with van der Waals surface area (Å²) < 4.78 is 11.3. The van der Waals surface area contributed by atoms with Crippen LogP contribution in [-0.2, 0) is 17.6 Å². The second kappa shape index (κ2) is 7.44. The van der Waals surface area contributed by atoms with Crippen LogP contribution in [-0.4, -0.2) is 5.97 Å². The minimum Gasteiger partial charge on any atom is -0.426 e. The van der Waals surface area contributed by atoms with Crippen molar-refractivity contribution in [3.63, 3.8) is 0 Å². The van der Waals surface area contributed by atoms with Gasteiger partial charge in [-0.25, -0.2) is 4.79 Å². The molecule has 140 valence electrons. The average molecular weight is 390 g/mol. The number of allylic oxidation sites excluding steroid dienone is 1. The predicted molar refractivity (Wildman–Crippen MR) is 112 cm³/mol. The molecule has 1 aromatic heterocycles. The van der Waals surface area contributed by atoms with E-state index in [1.807, 2.05) is 31.2 Å². The minimum atomic E-state index is -0.375. The number of esters is 1. The number of ether oxygens (including phenoxy) is 1. The number of hydrogen-bond acceptors (Lipinski definition) is 5. The smallest absolute Gasteiger partial charge is 0.396 e. The molecule has 1 heterocycles. The first-order valence-electron chi connectivity index (χ1n) is 8.88. The van der Waals surface area contributed by atoms with Crippen LogP contribution in [0.4, 0.5) is 0 Å². The summed E-state index contributed by atoms with van der Waals surface area (Å²) in [5, 5.41) is 2.16. The van der Waals surface area contributed by atoms with Gasteiger partial charge in [-0.15, -0.1) is 0 Å². The van der Waals surface area contributed by atoms with Crippen molar-refractivity contribution in [2.45, 2.75) is 19.8 Å². The molecule has 0 aliphatic rings. The lowest BCUT2D eigenvalue weighted by Gasteiger charge is -2.11. The lowest BCUT2D eigenvalue weighted by atomic mass is 9.95. The van der Waals surface area contributed by atoms with Crippen molar-refractivity contribution < 1.29 is 13.9 Å². The van der Waals surface area contributed by atoms with Crippen molar-refractivity contribution in [1.29, 1.82) is 0 Å². The molecule has 0 saturated heterocycles. The normalized spacial score (nSPS) is 11.0. The van der Waals surface area contributed by atoms with Gasteiger partial charge in [0.2, 0.25) is 0 Å².